The van der Waals surface area contributed by atoms with Crippen LogP contribution >= 0.6 is 0 Å². The number of carbonyl (C=O) groups excluding carboxylic acids is 1. The number of carbonyl (C=O) groups is 1. The van der Waals surface area contributed by atoms with Crippen molar-refractivity contribution in [2.45, 2.75) is 32.2 Å². The molecule has 0 saturated carbocycles. The minimum absolute atomic E-state index is 0.0994. The molecule has 0 aliphatic heterocycles. The Morgan fingerprint density at radius 2 is 2.04 bits per heavy atom. The van der Waals surface area contributed by atoms with E-state index >= 15 is 0 Å². The Labute approximate surface area is 166 Å². The Hall–Kier alpha value is -2.97. The number of rotatable bonds is 9. The summed E-state index contributed by atoms with van der Waals surface area (Å²) < 4.78 is 11.8. The Kier molecular flexibility index (Phi) is 6.94. The molecule has 0 bridgehead atoms. The maximum absolute atomic E-state index is 11.1. The summed E-state index contributed by atoms with van der Waals surface area (Å²) in [4.78, 5) is 11.1. The molecule has 5 nitrogen and oxygen atoms in total. The molecule has 28 heavy (non-hydrogen) atoms. The second kappa shape index (κ2) is 9.82. The normalized spacial score (nSPS) is 14.8. The van der Waals surface area contributed by atoms with Gasteiger partial charge >= 0.3 is 0 Å². The highest BCUT2D eigenvalue weighted by atomic mass is 16.5. The topological polar surface area (TPSA) is 59.6 Å². The first-order valence-electron chi connectivity index (χ1n) is 9.59. The average Bonchev–Trinajstić information content (AvgIpc) is 3.10. The van der Waals surface area contributed by atoms with Crippen LogP contribution < -0.4 is 20.1 Å². The molecule has 1 aliphatic carbocycles. The van der Waals surface area contributed by atoms with Crippen molar-refractivity contribution in [2.24, 2.45) is 0 Å². The Morgan fingerprint density at radius 1 is 1.21 bits per heavy atom. The fourth-order valence-electron chi connectivity index (χ4n) is 3.45. The van der Waals surface area contributed by atoms with E-state index in [1.54, 1.807) is 0 Å². The van der Waals surface area contributed by atoms with E-state index in [2.05, 4.69) is 22.6 Å². The number of amides is 1. The smallest absolute Gasteiger partial charge is 0.221 e. The predicted molar refractivity (Wildman–Crippen MR) is 111 cm³/mol. The average molecular weight is 378 g/mol. The summed E-state index contributed by atoms with van der Waals surface area (Å²) in [6.07, 6.45) is 8.17. The van der Waals surface area contributed by atoms with Crippen LogP contribution in [0.25, 0.3) is 0 Å². The van der Waals surface area contributed by atoms with Gasteiger partial charge in [0.15, 0.2) is 0 Å². The zero-order valence-electron chi connectivity index (χ0n) is 16.2. The predicted octanol–water partition coefficient (Wildman–Crippen LogP) is 3.70. The van der Waals surface area contributed by atoms with Crippen LogP contribution in [0.4, 0.5) is 5.69 Å². The summed E-state index contributed by atoms with van der Waals surface area (Å²) in [5.41, 5.74) is 3.30. The Balaban J connectivity index is 1.46. The van der Waals surface area contributed by atoms with Crippen LogP contribution in [0.1, 0.15) is 36.9 Å². The van der Waals surface area contributed by atoms with E-state index < -0.39 is 0 Å². The number of hydrogen-bond donors (Lipinski definition) is 2. The van der Waals surface area contributed by atoms with E-state index in [1.165, 1.54) is 18.1 Å². The van der Waals surface area contributed by atoms with Crippen molar-refractivity contribution in [1.82, 2.24) is 5.32 Å². The second-order valence-corrected chi connectivity index (χ2v) is 6.76. The van der Waals surface area contributed by atoms with Gasteiger partial charge in [-0.2, -0.15) is 0 Å². The van der Waals surface area contributed by atoms with Crippen molar-refractivity contribution in [1.29, 1.82) is 0 Å². The van der Waals surface area contributed by atoms with Gasteiger partial charge in [0.05, 0.1) is 19.8 Å². The molecule has 1 atom stereocenters. The molecule has 0 spiro atoms. The molecular formula is C23H26N2O3. The van der Waals surface area contributed by atoms with Crippen LogP contribution in [0.2, 0.25) is 0 Å². The van der Waals surface area contributed by atoms with Crippen molar-refractivity contribution in [2.75, 3.05) is 25.1 Å². The number of terminal acetylenes is 1. The highest BCUT2D eigenvalue weighted by molar-refractivity contribution is 5.88. The molecule has 1 unspecified atom stereocenters. The Morgan fingerprint density at radius 3 is 2.86 bits per heavy atom. The first-order valence-corrected chi connectivity index (χ1v) is 9.59. The van der Waals surface area contributed by atoms with Crippen LogP contribution in [-0.4, -0.2) is 25.7 Å². The largest absolute Gasteiger partial charge is 0.493 e. The fourth-order valence-corrected chi connectivity index (χ4v) is 3.45. The molecule has 2 aromatic carbocycles. The SMILES string of the molecule is C#CCNC1CCc2c(OCCCOc3cccc(NC(C)=O)c3)cccc21. The number of nitrogens with one attached hydrogen (secondary N) is 2. The van der Waals surface area contributed by atoms with Gasteiger partial charge in [-0.3, -0.25) is 10.1 Å². The second-order valence-electron chi connectivity index (χ2n) is 6.76. The third kappa shape index (κ3) is 5.28. The van der Waals surface area contributed by atoms with Crippen molar-refractivity contribution in [3.8, 4) is 23.8 Å². The van der Waals surface area contributed by atoms with Crippen molar-refractivity contribution < 1.29 is 14.3 Å². The molecule has 0 heterocycles. The highest BCUT2D eigenvalue weighted by Crippen LogP contribution is 2.36. The lowest BCUT2D eigenvalue weighted by molar-refractivity contribution is -0.114. The van der Waals surface area contributed by atoms with Gasteiger partial charge in [0.1, 0.15) is 11.5 Å². The zero-order chi connectivity index (χ0) is 19.8. The number of hydrogen-bond acceptors (Lipinski definition) is 4. The molecule has 2 N–H and O–H groups in total. The lowest BCUT2D eigenvalue weighted by atomic mass is 10.1. The van der Waals surface area contributed by atoms with Gasteiger partial charge in [0.25, 0.3) is 0 Å². The first-order chi connectivity index (χ1) is 13.7. The maximum atomic E-state index is 11.1. The van der Waals surface area contributed by atoms with E-state index in [1.807, 2.05) is 36.4 Å². The minimum Gasteiger partial charge on any atom is -0.493 e. The third-order valence-corrected chi connectivity index (χ3v) is 4.65. The molecule has 3 rings (SSSR count). The third-order valence-electron chi connectivity index (χ3n) is 4.65. The fraction of sp³-hybridized carbons (Fsp3) is 0.348. The summed E-state index contributed by atoms with van der Waals surface area (Å²) >= 11 is 0. The van der Waals surface area contributed by atoms with Gasteiger partial charge in [-0.1, -0.05) is 24.1 Å². The standard InChI is InChI=1S/C23H26N2O3/c1-3-13-24-22-12-11-21-20(22)9-5-10-23(21)28-15-6-14-27-19-8-4-7-18(16-19)25-17(2)26/h1,4-5,7-10,16,22,24H,6,11-15H2,2H3,(H,25,26). The molecule has 2 aromatic rings. The minimum atomic E-state index is -0.0994. The molecule has 1 amide bonds. The summed E-state index contributed by atoms with van der Waals surface area (Å²) in [7, 11) is 0. The number of anilines is 1. The molecule has 0 saturated heterocycles. The quantitative estimate of drug-likeness (QED) is 0.516. The van der Waals surface area contributed by atoms with Crippen LogP contribution in [0.15, 0.2) is 42.5 Å². The number of fused-ring (bicyclic) bond motifs is 1. The highest BCUT2D eigenvalue weighted by Gasteiger charge is 2.24. The van der Waals surface area contributed by atoms with Crippen LogP contribution in [0, 0.1) is 12.3 Å². The van der Waals surface area contributed by atoms with Gasteiger partial charge in [0.2, 0.25) is 5.91 Å². The van der Waals surface area contributed by atoms with Crippen molar-refractivity contribution in [3.63, 3.8) is 0 Å². The molecule has 5 heteroatoms. The summed E-state index contributed by atoms with van der Waals surface area (Å²) in [6.45, 7) is 3.20. The van der Waals surface area contributed by atoms with Gasteiger partial charge in [-0.05, 0) is 42.2 Å². The van der Waals surface area contributed by atoms with Gasteiger partial charge < -0.3 is 14.8 Å². The maximum Gasteiger partial charge on any atom is 0.221 e. The molecule has 0 aromatic heterocycles. The summed E-state index contributed by atoms with van der Waals surface area (Å²) in [5.74, 6) is 4.22. The van der Waals surface area contributed by atoms with Crippen molar-refractivity contribution in [3.05, 3.63) is 53.6 Å². The summed E-state index contributed by atoms with van der Waals surface area (Å²) in [6, 6.07) is 13.9. The van der Waals surface area contributed by atoms with Crippen LogP contribution in [-0.2, 0) is 11.2 Å². The van der Waals surface area contributed by atoms with Crippen LogP contribution in [0.5, 0.6) is 11.5 Å². The van der Waals surface area contributed by atoms with Gasteiger partial charge in [-0.15, -0.1) is 6.42 Å². The van der Waals surface area contributed by atoms with Gasteiger partial charge in [0, 0.05) is 31.1 Å². The molecule has 146 valence electrons. The summed E-state index contributed by atoms with van der Waals surface area (Å²) in [5, 5.41) is 6.14. The molecule has 1 aliphatic rings. The van der Waals surface area contributed by atoms with E-state index in [4.69, 9.17) is 15.9 Å². The Bertz CT molecular complexity index is 857. The molecular weight excluding hydrogens is 352 g/mol. The van der Waals surface area contributed by atoms with E-state index in [-0.39, 0.29) is 5.91 Å². The van der Waals surface area contributed by atoms with Gasteiger partial charge in [-0.25, -0.2) is 0 Å². The number of ether oxygens (including phenoxy) is 2. The zero-order valence-corrected chi connectivity index (χ0v) is 16.2. The first kappa shape index (κ1) is 19.8. The lowest BCUT2D eigenvalue weighted by Gasteiger charge is -2.14. The van der Waals surface area contributed by atoms with E-state index in [9.17, 15) is 4.79 Å². The van der Waals surface area contributed by atoms with E-state index in [0.29, 0.717) is 25.8 Å². The monoisotopic (exact) mass is 378 g/mol. The number of benzene rings is 2. The molecule has 0 fully saturated rings. The van der Waals surface area contributed by atoms with Crippen LogP contribution in [0.3, 0.4) is 0 Å². The molecule has 0 radical (unpaired) electrons. The van der Waals surface area contributed by atoms with Crippen molar-refractivity contribution >= 4 is 11.6 Å². The van der Waals surface area contributed by atoms with E-state index in [0.717, 1.165) is 36.4 Å². The lowest BCUT2D eigenvalue weighted by Crippen LogP contribution is -2.19.